The normalized spacial score (nSPS) is 21.6. The molecule has 4 aromatic rings. The molecule has 2 fully saturated rings. The van der Waals surface area contributed by atoms with Crippen LogP contribution >= 0.6 is 0 Å². The van der Waals surface area contributed by atoms with E-state index in [1.807, 2.05) is 36.0 Å². The predicted molar refractivity (Wildman–Crippen MR) is 136 cm³/mol. The Bertz CT molecular complexity index is 1330. The van der Waals surface area contributed by atoms with E-state index in [0.29, 0.717) is 24.6 Å². The van der Waals surface area contributed by atoms with Gasteiger partial charge in [0.15, 0.2) is 5.65 Å². The van der Waals surface area contributed by atoms with E-state index in [1.165, 1.54) is 26.2 Å². The van der Waals surface area contributed by atoms with E-state index in [-0.39, 0.29) is 0 Å². The molecule has 4 aromatic heterocycles. The number of aromatic nitrogens is 6. The quantitative estimate of drug-likeness (QED) is 0.436. The summed E-state index contributed by atoms with van der Waals surface area (Å²) in [6.45, 7) is 8.03. The van der Waals surface area contributed by atoms with Gasteiger partial charge < -0.3 is 19.5 Å². The number of anilines is 1. The van der Waals surface area contributed by atoms with E-state index < -0.39 is 0 Å². The molecule has 6 rings (SSSR count). The average Bonchev–Trinajstić information content (AvgIpc) is 3.40. The molecule has 10 nitrogen and oxygen atoms in total. The standard InChI is InChI=1S/C25H33N9O/c1-17-27-22-5-4-21(29-24(22)33(17)12-13-35-3)20-6-7-34-23(20)16-26-25(30-34)28-18-14-19(15-18)32-10-8-31(2)9-11-32/h4-7,16,18-19H,8-15H2,1-3H3,(H,28,30)/t18-,19-. The number of aryl methyl sites for hydroxylation is 1. The molecule has 0 radical (unpaired) electrons. The van der Waals surface area contributed by atoms with Gasteiger partial charge in [-0.1, -0.05) is 0 Å². The molecule has 1 aliphatic heterocycles. The first-order valence-corrected chi connectivity index (χ1v) is 12.5. The number of pyridine rings is 1. The summed E-state index contributed by atoms with van der Waals surface area (Å²) in [6, 6.07) is 7.22. The van der Waals surface area contributed by atoms with Crippen molar-refractivity contribution in [3.05, 3.63) is 36.4 Å². The Morgan fingerprint density at radius 1 is 1.09 bits per heavy atom. The maximum atomic E-state index is 5.26. The molecule has 1 saturated heterocycles. The van der Waals surface area contributed by atoms with Crippen LogP contribution in [0, 0.1) is 6.92 Å². The van der Waals surface area contributed by atoms with Crippen LogP contribution in [0.4, 0.5) is 5.95 Å². The van der Waals surface area contributed by atoms with E-state index in [2.05, 4.69) is 42.8 Å². The van der Waals surface area contributed by atoms with Crippen molar-refractivity contribution < 1.29 is 4.74 Å². The summed E-state index contributed by atoms with van der Waals surface area (Å²) in [4.78, 5) is 19.3. The van der Waals surface area contributed by atoms with Gasteiger partial charge >= 0.3 is 0 Å². The highest BCUT2D eigenvalue weighted by molar-refractivity contribution is 5.82. The fourth-order valence-corrected chi connectivity index (χ4v) is 5.27. The van der Waals surface area contributed by atoms with Crippen LogP contribution in [0.25, 0.3) is 27.9 Å². The summed E-state index contributed by atoms with van der Waals surface area (Å²) >= 11 is 0. The smallest absolute Gasteiger partial charge is 0.241 e. The number of likely N-dealkylation sites (N-methyl/N-ethyl adjacent to an activating group) is 1. The number of nitrogens with zero attached hydrogens (tertiary/aromatic N) is 8. The second-order valence-corrected chi connectivity index (χ2v) is 9.79. The molecule has 0 aromatic carbocycles. The van der Waals surface area contributed by atoms with Crippen LogP contribution in [-0.4, -0.2) is 98.0 Å². The fourth-order valence-electron chi connectivity index (χ4n) is 5.27. The highest BCUT2D eigenvalue weighted by Gasteiger charge is 2.35. The maximum absolute atomic E-state index is 5.26. The number of nitrogens with one attached hydrogen (secondary N) is 1. The third-order valence-corrected chi connectivity index (χ3v) is 7.50. The van der Waals surface area contributed by atoms with Crippen LogP contribution in [0.2, 0.25) is 0 Å². The largest absolute Gasteiger partial charge is 0.383 e. The number of hydrogen-bond acceptors (Lipinski definition) is 8. The third kappa shape index (κ3) is 4.26. The lowest BCUT2D eigenvalue weighted by Crippen LogP contribution is -2.55. The van der Waals surface area contributed by atoms with Gasteiger partial charge in [0.2, 0.25) is 5.95 Å². The minimum atomic E-state index is 0.437. The first-order chi connectivity index (χ1) is 17.1. The predicted octanol–water partition coefficient (Wildman–Crippen LogP) is 2.29. The van der Waals surface area contributed by atoms with Gasteiger partial charge in [-0.3, -0.25) is 4.90 Å². The molecule has 0 unspecified atom stereocenters. The van der Waals surface area contributed by atoms with Crippen LogP contribution in [-0.2, 0) is 11.3 Å². The van der Waals surface area contributed by atoms with Crippen LogP contribution in [0.3, 0.4) is 0 Å². The first kappa shape index (κ1) is 22.4. The van der Waals surface area contributed by atoms with Gasteiger partial charge in [0.05, 0.1) is 24.0 Å². The van der Waals surface area contributed by atoms with Crippen molar-refractivity contribution >= 4 is 22.6 Å². The summed E-state index contributed by atoms with van der Waals surface area (Å²) in [5, 5.41) is 8.26. The highest BCUT2D eigenvalue weighted by atomic mass is 16.5. The number of rotatable bonds is 7. The van der Waals surface area contributed by atoms with Crippen molar-refractivity contribution in [3.63, 3.8) is 0 Å². The number of ether oxygens (including phenoxy) is 1. The van der Waals surface area contributed by atoms with Gasteiger partial charge in [0, 0.05) is 63.7 Å². The summed E-state index contributed by atoms with van der Waals surface area (Å²) in [5.41, 5.74) is 4.59. The molecule has 0 spiro atoms. The van der Waals surface area contributed by atoms with Crippen LogP contribution in [0.15, 0.2) is 30.6 Å². The Balaban J connectivity index is 1.17. The molecule has 0 amide bonds. The molecule has 2 aliphatic rings. The summed E-state index contributed by atoms with van der Waals surface area (Å²) in [7, 11) is 3.91. The van der Waals surface area contributed by atoms with Crippen molar-refractivity contribution in [1.82, 2.24) is 38.9 Å². The van der Waals surface area contributed by atoms with Crippen molar-refractivity contribution in [2.75, 3.05) is 52.3 Å². The second-order valence-electron chi connectivity index (χ2n) is 9.79. The number of fused-ring (bicyclic) bond motifs is 2. The van der Waals surface area contributed by atoms with E-state index in [9.17, 15) is 0 Å². The van der Waals surface area contributed by atoms with Gasteiger partial charge in [-0.2, -0.15) is 0 Å². The van der Waals surface area contributed by atoms with Crippen LogP contribution in [0.5, 0.6) is 0 Å². The Kier molecular flexibility index (Phi) is 5.87. The number of piperazine rings is 1. The summed E-state index contributed by atoms with van der Waals surface area (Å²) in [5.74, 6) is 1.62. The van der Waals surface area contributed by atoms with Gasteiger partial charge in [-0.05, 0) is 45.0 Å². The molecule has 0 atom stereocenters. The third-order valence-electron chi connectivity index (χ3n) is 7.50. The van der Waals surface area contributed by atoms with Crippen molar-refractivity contribution in [1.29, 1.82) is 0 Å². The number of hydrogen-bond donors (Lipinski definition) is 1. The van der Waals surface area contributed by atoms with Gasteiger partial charge in [0.25, 0.3) is 0 Å². The summed E-state index contributed by atoms with van der Waals surface area (Å²) in [6.07, 6.45) is 6.18. The lowest BCUT2D eigenvalue weighted by Gasteiger charge is -2.46. The first-order valence-electron chi connectivity index (χ1n) is 12.5. The Hall–Kier alpha value is -3.08. The highest BCUT2D eigenvalue weighted by Crippen LogP contribution is 2.30. The van der Waals surface area contributed by atoms with Crippen LogP contribution in [0.1, 0.15) is 18.7 Å². The van der Waals surface area contributed by atoms with Gasteiger partial charge in [0.1, 0.15) is 11.3 Å². The zero-order chi connectivity index (χ0) is 23.9. The fraction of sp³-hybridized carbons (Fsp3) is 0.520. The zero-order valence-corrected chi connectivity index (χ0v) is 20.7. The molecule has 1 aliphatic carbocycles. The molecule has 1 N–H and O–H groups in total. The number of imidazole rings is 1. The SMILES string of the molecule is COCCn1c(C)nc2ccc(-c3ccn4nc(N[C@H]5C[C@H](N6CCN(C)CC6)C5)ncc34)nc21. The van der Waals surface area contributed by atoms with Crippen molar-refractivity contribution in [3.8, 4) is 11.3 Å². The molecular formula is C25H33N9O. The Labute approximate surface area is 204 Å². The lowest BCUT2D eigenvalue weighted by molar-refractivity contribution is 0.0656. The maximum Gasteiger partial charge on any atom is 0.241 e. The minimum Gasteiger partial charge on any atom is -0.383 e. The van der Waals surface area contributed by atoms with E-state index >= 15 is 0 Å². The molecule has 0 bridgehead atoms. The van der Waals surface area contributed by atoms with E-state index in [4.69, 9.17) is 14.8 Å². The molecule has 5 heterocycles. The molecule has 184 valence electrons. The molecule has 10 heteroatoms. The van der Waals surface area contributed by atoms with Crippen LogP contribution < -0.4 is 5.32 Å². The molecule has 1 saturated carbocycles. The Morgan fingerprint density at radius 3 is 2.71 bits per heavy atom. The second kappa shape index (κ2) is 9.18. The average molecular weight is 476 g/mol. The molecule has 35 heavy (non-hydrogen) atoms. The molecular weight excluding hydrogens is 442 g/mol. The van der Waals surface area contributed by atoms with Gasteiger partial charge in [-0.25, -0.2) is 19.5 Å². The topological polar surface area (TPSA) is 88.6 Å². The Morgan fingerprint density at radius 2 is 1.91 bits per heavy atom. The van der Waals surface area contributed by atoms with Crippen molar-refractivity contribution in [2.24, 2.45) is 0 Å². The monoisotopic (exact) mass is 475 g/mol. The zero-order valence-electron chi connectivity index (χ0n) is 20.7. The van der Waals surface area contributed by atoms with E-state index in [1.54, 1.807) is 7.11 Å². The van der Waals surface area contributed by atoms with Crippen molar-refractivity contribution in [2.45, 2.75) is 38.4 Å². The minimum absolute atomic E-state index is 0.437. The van der Waals surface area contributed by atoms with Gasteiger partial charge in [-0.15, -0.1) is 5.10 Å². The van der Waals surface area contributed by atoms with E-state index in [0.717, 1.165) is 53.1 Å². The lowest BCUT2D eigenvalue weighted by atomic mass is 9.85. The number of methoxy groups -OCH3 is 1. The summed E-state index contributed by atoms with van der Waals surface area (Å²) < 4.78 is 9.26.